The fraction of sp³-hybridized carbons (Fsp3) is 0.636. The number of benzene rings is 1. The predicted octanol–water partition coefficient (Wildman–Crippen LogP) is 5.07. The minimum absolute atomic E-state index is 0.0297. The SMILES string of the molecule is CN(C)CC(C)(C)CNC(=O)[C@H]1CCC[C@H]1Cc1nc(Nc2ccc(C(=O)N(C)C3CCN(C)CC3)cc2)ncc1C(F)(F)F. The summed E-state index contributed by atoms with van der Waals surface area (Å²) in [5.74, 6) is -0.769. The molecule has 12 heteroatoms. The Morgan fingerprint density at radius 1 is 1.02 bits per heavy atom. The predicted molar refractivity (Wildman–Crippen MR) is 169 cm³/mol. The van der Waals surface area contributed by atoms with Gasteiger partial charge in [-0.2, -0.15) is 13.2 Å². The molecule has 1 saturated carbocycles. The number of nitrogens with one attached hydrogen (secondary N) is 2. The quantitative estimate of drug-likeness (QED) is 0.358. The van der Waals surface area contributed by atoms with Crippen molar-refractivity contribution in [3.63, 3.8) is 0 Å². The third-order valence-corrected chi connectivity index (χ3v) is 9.05. The first-order chi connectivity index (χ1) is 21.1. The van der Waals surface area contributed by atoms with Gasteiger partial charge in [-0.25, -0.2) is 9.97 Å². The summed E-state index contributed by atoms with van der Waals surface area (Å²) < 4.78 is 42.0. The van der Waals surface area contributed by atoms with E-state index < -0.39 is 11.7 Å². The van der Waals surface area contributed by atoms with Crippen LogP contribution in [0.5, 0.6) is 0 Å². The van der Waals surface area contributed by atoms with Crippen molar-refractivity contribution in [2.75, 3.05) is 59.7 Å². The van der Waals surface area contributed by atoms with E-state index in [-0.39, 0.29) is 53.2 Å². The number of halogens is 3. The van der Waals surface area contributed by atoms with Crippen molar-refractivity contribution < 1.29 is 22.8 Å². The minimum Gasteiger partial charge on any atom is -0.355 e. The Hall–Kier alpha value is -3.25. The molecule has 0 spiro atoms. The maximum Gasteiger partial charge on any atom is 0.419 e. The van der Waals surface area contributed by atoms with E-state index in [9.17, 15) is 22.8 Å². The number of alkyl halides is 3. The molecule has 45 heavy (non-hydrogen) atoms. The zero-order chi connectivity index (χ0) is 32.9. The normalized spacial score (nSPS) is 20.0. The number of rotatable bonds is 11. The number of amides is 2. The van der Waals surface area contributed by atoms with E-state index in [0.717, 1.165) is 45.1 Å². The van der Waals surface area contributed by atoms with Gasteiger partial charge in [0.15, 0.2) is 0 Å². The second-order valence-corrected chi connectivity index (χ2v) is 13.8. The fourth-order valence-electron chi connectivity index (χ4n) is 6.69. The van der Waals surface area contributed by atoms with Gasteiger partial charge in [0, 0.05) is 49.5 Å². The average molecular weight is 632 g/mol. The summed E-state index contributed by atoms with van der Waals surface area (Å²) in [5, 5.41) is 6.05. The highest BCUT2D eigenvalue weighted by atomic mass is 19.4. The lowest BCUT2D eigenvalue weighted by Crippen LogP contribution is -2.44. The topological polar surface area (TPSA) is 93.7 Å². The van der Waals surface area contributed by atoms with E-state index in [1.54, 1.807) is 29.2 Å². The van der Waals surface area contributed by atoms with Crippen molar-refractivity contribution in [1.82, 2.24) is 30.0 Å². The first-order valence-electron chi connectivity index (χ1n) is 15.8. The lowest BCUT2D eigenvalue weighted by molar-refractivity contribution is -0.138. The molecule has 1 aliphatic heterocycles. The Morgan fingerprint density at radius 2 is 1.69 bits per heavy atom. The number of aromatic nitrogens is 2. The van der Waals surface area contributed by atoms with Crippen LogP contribution in [0, 0.1) is 17.3 Å². The van der Waals surface area contributed by atoms with Crippen LogP contribution < -0.4 is 10.6 Å². The van der Waals surface area contributed by atoms with Crippen LogP contribution in [-0.4, -0.2) is 96.9 Å². The van der Waals surface area contributed by atoms with Gasteiger partial charge in [-0.15, -0.1) is 0 Å². The van der Waals surface area contributed by atoms with E-state index in [0.29, 0.717) is 30.6 Å². The van der Waals surface area contributed by atoms with Crippen molar-refractivity contribution in [3.8, 4) is 0 Å². The third-order valence-electron chi connectivity index (χ3n) is 9.05. The second kappa shape index (κ2) is 14.5. The van der Waals surface area contributed by atoms with E-state index in [4.69, 9.17) is 0 Å². The summed E-state index contributed by atoms with van der Waals surface area (Å²) in [6.07, 6.45) is 0.141. The van der Waals surface area contributed by atoms with Gasteiger partial charge in [0.1, 0.15) is 0 Å². The summed E-state index contributed by atoms with van der Waals surface area (Å²) in [4.78, 5) is 40.6. The van der Waals surface area contributed by atoms with Crippen molar-refractivity contribution >= 4 is 23.5 Å². The van der Waals surface area contributed by atoms with E-state index >= 15 is 0 Å². The second-order valence-electron chi connectivity index (χ2n) is 13.8. The van der Waals surface area contributed by atoms with Crippen LogP contribution in [-0.2, 0) is 17.4 Å². The Balaban J connectivity index is 1.44. The fourth-order valence-corrected chi connectivity index (χ4v) is 6.69. The van der Waals surface area contributed by atoms with Gasteiger partial charge in [0.2, 0.25) is 11.9 Å². The maximum atomic E-state index is 14.0. The van der Waals surface area contributed by atoms with E-state index in [2.05, 4.69) is 51.3 Å². The van der Waals surface area contributed by atoms with Crippen molar-refractivity contribution in [2.45, 2.75) is 64.6 Å². The minimum atomic E-state index is -4.62. The highest BCUT2D eigenvalue weighted by Crippen LogP contribution is 2.38. The first-order valence-corrected chi connectivity index (χ1v) is 15.8. The van der Waals surface area contributed by atoms with E-state index in [1.807, 2.05) is 21.1 Å². The van der Waals surface area contributed by atoms with Crippen LogP contribution in [0.2, 0.25) is 0 Å². The molecular weight excluding hydrogens is 583 g/mol. The highest BCUT2D eigenvalue weighted by molar-refractivity contribution is 5.94. The van der Waals surface area contributed by atoms with Crippen LogP contribution >= 0.6 is 0 Å². The summed E-state index contributed by atoms with van der Waals surface area (Å²) in [6, 6.07) is 6.98. The van der Waals surface area contributed by atoms with Gasteiger partial charge < -0.3 is 25.3 Å². The van der Waals surface area contributed by atoms with Crippen LogP contribution in [0.15, 0.2) is 30.5 Å². The number of likely N-dealkylation sites (tertiary alicyclic amines) is 1. The van der Waals surface area contributed by atoms with Crippen molar-refractivity contribution in [3.05, 3.63) is 47.3 Å². The molecule has 4 rings (SSSR count). The van der Waals surface area contributed by atoms with Gasteiger partial charge >= 0.3 is 6.18 Å². The Labute approximate surface area is 265 Å². The van der Waals surface area contributed by atoms with Gasteiger partial charge in [0.05, 0.1) is 11.3 Å². The van der Waals surface area contributed by atoms with Gasteiger partial charge in [0.25, 0.3) is 5.91 Å². The molecule has 2 amide bonds. The number of piperidine rings is 1. The third kappa shape index (κ3) is 9.38. The molecule has 1 aromatic carbocycles. The van der Waals surface area contributed by atoms with Crippen molar-refractivity contribution in [1.29, 1.82) is 0 Å². The number of hydrogen-bond donors (Lipinski definition) is 2. The zero-order valence-corrected chi connectivity index (χ0v) is 27.4. The molecule has 1 aliphatic carbocycles. The smallest absolute Gasteiger partial charge is 0.355 e. The standard InChI is InChI=1S/C33H48F3N7O2/c1-32(2,21-41(3)4)20-38-29(44)26-9-7-8-23(26)18-28-27(33(34,35)36)19-37-31(40-28)39-24-12-10-22(11-13-24)30(45)43(6)25-14-16-42(5)17-15-25/h10-13,19,23,25-26H,7-9,14-18,20-21H2,1-6H3,(H,38,44)(H,37,39,40)/t23-,26-/m0/s1. The Bertz CT molecular complexity index is 1310. The molecule has 0 radical (unpaired) electrons. The maximum absolute atomic E-state index is 14.0. The summed E-state index contributed by atoms with van der Waals surface area (Å²) in [6.45, 7) is 7.33. The lowest BCUT2D eigenvalue weighted by atomic mass is 9.88. The highest BCUT2D eigenvalue weighted by Gasteiger charge is 2.39. The summed E-state index contributed by atoms with van der Waals surface area (Å²) >= 11 is 0. The number of anilines is 2. The van der Waals surface area contributed by atoms with Crippen LogP contribution in [0.3, 0.4) is 0 Å². The molecule has 248 valence electrons. The first kappa shape index (κ1) is 34.6. The molecule has 2 heterocycles. The number of carbonyl (C=O) groups excluding carboxylic acids is 2. The van der Waals surface area contributed by atoms with Crippen LogP contribution in [0.25, 0.3) is 0 Å². The molecule has 2 N–H and O–H groups in total. The average Bonchev–Trinajstić information content (AvgIpc) is 3.43. The van der Waals surface area contributed by atoms with Crippen LogP contribution in [0.4, 0.5) is 24.8 Å². The molecule has 1 saturated heterocycles. The van der Waals surface area contributed by atoms with E-state index in [1.165, 1.54) is 0 Å². The largest absolute Gasteiger partial charge is 0.419 e. The molecule has 2 fully saturated rings. The molecule has 0 bridgehead atoms. The van der Waals surface area contributed by atoms with Crippen molar-refractivity contribution in [2.24, 2.45) is 17.3 Å². The monoisotopic (exact) mass is 631 g/mol. The van der Waals surface area contributed by atoms with Gasteiger partial charge in [-0.05, 0) is 102 Å². The molecular formula is C33H48F3N7O2. The Kier molecular flexibility index (Phi) is 11.1. The lowest BCUT2D eigenvalue weighted by Gasteiger charge is -2.35. The van der Waals surface area contributed by atoms with Crippen LogP contribution in [0.1, 0.15) is 67.6 Å². The summed E-state index contributed by atoms with van der Waals surface area (Å²) in [7, 11) is 7.86. The molecule has 2 atom stereocenters. The zero-order valence-electron chi connectivity index (χ0n) is 27.4. The van der Waals surface area contributed by atoms with Gasteiger partial charge in [-0.3, -0.25) is 9.59 Å². The molecule has 2 aliphatic rings. The molecule has 2 aromatic rings. The number of hydrogen-bond acceptors (Lipinski definition) is 7. The Morgan fingerprint density at radius 3 is 2.31 bits per heavy atom. The number of carbonyl (C=O) groups is 2. The molecule has 9 nitrogen and oxygen atoms in total. The molecule has 1 aromatic heterocycles. The molecule has 0 unspecified atom stereocenters. The number of nitrogens with zero attached hydrogens (tertiary/aromatic N) is 5. The summed E-state index contributed by atoms with van der Waals surface area (Å²) in [5.41, 5.74) is -0.0597. The van der Waals surface area contributed by atoms with Gasteiger partial charge in [-0.1, -0.05) is 20.3 Å².